The van der Waals surface area contributed by atoms with Gasteiger partial charge < -0.3 is 15.0 Å². The lowest BCUT2D eigenvalue weighted by Crippen LogP contribution is -2.40. The van der Waals surface area contributed by atoms with Crippen LogP contribution in [0.1, 0.15) is 46.4 Å². The molecule has 1 amide bonds. The highest BCUT2D eigenvalue weighted by atomic mass is 32.2. The molecule has 236 valence electrons. The van der Waals surface area contributed by atoms with Crippen molar-refractivity contribution in [1.82, 2.24) is 15.1 Å². The van der Waals surface area contributed by atoms with Crippen molar-refractivity contribution in [3.63, 3.8) is 0 Å². The molecule has 1 N–H and O–H groups in total. The molecular weight excluding hydrogens is 595 g/mol. The van der Waals surface area contributed by atoms with Crippen molar-refractivity contribution in [3.8, 4) is 28.6 Å². The normalized spacial score (nSPS) is 19.2. The van der Waals surface area contributed by atoms with Gasteiger partial charge in [0.25, 0.3) is 0 Å². The molecule has 9 nitrogen and oxygen atoms in total. The first-order chi connectivity index (χ1) is 21.0. The minimum absolute atomic E-state index is 0. The Hall–Kier alpha value is -4.05. The van der Waals surface area contributed by atoms with E-state index in [4.69, 9.17) is 5.26 Å². The Kier molecular flexibility index (Phi) is 9.20. The molecule has 1 saturated heterocycles. The number of amides is 1. The highest BCUT2D eigenvalue weighted by Gasteiger charge is 2.45. The lowest BCUT2D eigenvalue weighted by molar-refractivity contribution is -0.274. The maximum Gasteiger partial charge on any atom is 0.573 e. The quantitative estimate of drug-likeness (QED) is 0.373. The molecule has 2 saturated carbocycles. The van der Waals surface area contributed by atoms with Gasteiger partial charge in [-0.15, -0.1) is 13.2 Å². The molecule has 3 fully saturated rings. The molecule has 6 rings (SSSR count). The number of hydrogen-bond acceptors (Lipinski definition) is 7. The van der Waals surface area contributed by atoms with Crippen LogP contribution in [0.2, 0.25) is 0 Å². The number of aromatic nitrogens is 2. The van der Waals surface area contributed by atoms with Gasteiger partial charge in [-0.3, -0.25) is 4.79 Å². The number of carbonyl (C=O) groups is 1. The summed E-state index contributed by atoms with van der Waals surface area (Å²) in [5.74, 6) is 0.232. The monoisotopic (exact) mass is 631 g/mol. The number of alkyl halides is 3. The molecule has 0 atom stereocenters. The van der Waals surface area contributed by atoms with Crippen LogP contribution in [0.15, 0.2) is 60.9 Å². The predicted molar refractivity (Wildman–Crippen MR) is 161 cm³/mol. The number of sulfone groups is 1. The summed E-state index contributed by atoms with van der Waals surface area (Å²) in [6.45, 7) is 0.908. The van der Waals surface area contributed by atoms with E-state index in [2.05, 4.69) is 21.2 Å². The van der Waals surface area contributed by atoms with Gasteiger partial charge >= 0.3 is 6.36 Å². The maximum atomic E-state index is 12.7. The summed E-state index contributed by atoms with van der Waals surface area (Å²) in [4.78, 5) is 13.8. The first-order valence-corrected chi connectivity index (χ1v) is 16.5. The summed E-state index contributed by atoms with van der Waals surface area (Å²) in [5, 5.41) is 15.9. The molecule has 3 aromatic rings. The Labute approximate surface area is 256 Å². The highest BCUT2D eigenvalue weighted by Crippen LogP contribution is 2.36. The van der Waals surface area contributed by atoms with Crippen molar-refractivity contribution < 1.29 is 32.5 Å². The zero-order valence-electron chi connectivity index (χ0n) is 24.1. The second kappa shape index (κ2) is 12.9. The average Bonchev–Trinajstić information content (AvgIpc) is 3.61. The lowest BCUT2D eigenvalue weighted by Gasteiger charge is -2.28. The van der Waals surface area contributed by atoms with Crippen LogP contribution in [0, 0.1) is 17.2 Å². The Balaban J connectivity index is 0.000000258. The van der Waals surface area contributed by atoms with E-state index < -0.39 is 21.7 Å². The molecule has 1 aliphatic heterocycles. The highest BCUT2D eigenvalue weighted by molar-refractivity contribution is 7.91. The first kappa shape index (κ1) is 31.4. The largest absolute Gasteiger partial charge is 0.573 e. The molecule has 2 aliphatic carbocycles. The molecule has 1 aromatic heterocycles. The Morgan fingerprint density at radius 1 is 1.02 bits per heavy atom. The third-order valence-corrected chi connectivity index (χ3v) is 9.74. The number of rotatable bonds is 6. The minimum Gasteiger partial charge on any atom is -0.403 e. The SMILES string of the molecule is N#CC1(NC(=O)C2CCCCC2)CC1.O=S1(=O)CCN(c2ccc(-c3cnn(-c4ccccc4OC(F)(F)F)c3)cc2)CC1.[HH]. The summed E-state index contributed by atoms with van der Waals surface area (Å²) >= 11 is 0. The van der Waals surface area contributed by atoms with Gasteiger partial charge in [0.2, 0.25) is 5.91 Å². The number of hydrogen-bond donors (Lipinski definition) is 1. The van der Waals surface area contributed by atoms with E-state index in [-0.39, 0.29) is 36.2 Å². The van der Waals surface area contributed by atoms with Crippen LogP contribution in [-0.4, -0.2) is 60.6 Å². The van der Waals surface area contributed by atoms with Gasteiger partial charge in [0.1, 0.15) is 11.2 Å². The number of ether oxygens (including phenoxy) is 1. The van der Waals surface area contributed by atoms with Crippen molar-refractivity contribution in [2.24, 2.45) is 5.92 Å². The van der Waals surface area contributed by atoms with E-state index in [9.17, 15) is 26.4 Å². The average molecular weight is 632 g/mol. The molecular formula is C31H36F3N5O4S. The third kappa shape index (κ3) is 8.11. The fraction of sp³-hybridized carbons (Fsp3) is 0.452. The summed E-state index contributed by atoms with van der Waals surface area (Å²) < 4.78 is 66.5. The van der Waals surface area contributed by atoms with Gasteiger partial charge in [-0.2, -0.15) is 10.4 Å². The van der Waals surface area contributed by atoms with Crippen LogP contribution < -0.4 is 15.0 Å². The maximum absolute atomic E-state index is 12.7. The van der Waals surface area contributed by atoms with Crippen molar-refractivity contribution in [1.29, 1.82) is 5.26 Å². The van der Waals surface area contributed by atoms with Gasteiger partial charge in [-0.05, 0) is 55.5 Å². The number of nitriles is 1. The van der Waals surface area contributed by atoms with Gasteiger partial charge in [0.05, 0.1) is 23.8 Å². The van der Waals surface area contributed by atoms with Gasteiger partial charge in [-0.1, -0.05) is 43.5 Å². The molecule has 0 spiro atoms. The number of halogens is 3. The molecule has 0 radical (unpaired) electrons. The second-order valence-electron chi connectivity index (χ2n) is 11.4. The van der Waals surface area contributed by atoms with Gasteiger partial charge in [0.15, 0.2) is 15.6 Å². The first-order valence-electron chi connectivity index (χ1n) is 14.6. The van der Waals surface area contributed by atoms with Crippen molar-refractivity contribution in [2.45, 2.75) is 56.8 Å². The van der Waals surface area contributed by atoms with Crippen molar-refractivity contribution in [2.75, 3.05) is 29.5 Å². The Morgan fingerprint density at radius 2 is 1.68 bits per heavy atom. The smallest absolute Gasteiger partial charge is 0.403 e. The Bertz CT molecular complexity index is 1600. The van der Waals surface area contributed by atoms with Gasteiger partial charge in [-0.25, -0.2) is 13.1 Å². The predicted octanol–water partition coefficient (Wildman–Crippen LogP) is 5.66. The van der Waals surface area contributed by atoms with Crippen molar-refractivity contribution >= 4 is 21.4 Å². The van der Waals surface area contributed by atoms with Crippen LogP contribution in [0.5, 0.6) is 5.75 Å². The van der Waals surface area contributed by atoms with E-state index in [1.165, 1.54) is 29.3 Å². The number of benzene rings is 2. The fourth-order valence-corrected chi connectivity index (χ4v) is 6.59. The van der Waals surface area contributed by atoms with E-state index >= 15 is 0 Å². The zero-order chi connectivity index (χ0) is 31.4. The third-order valence-electron chi connectivity index (χ3n) is 8.13. The summed E-state index contributed by atoms with van der Waals surface area (Å²) in [6, 6.07) is 15.5. The summed E-state index contributed by atoms with van der Waals surface area (Å²) in [6.07, 6.45) is 5.66. The molecule has 2 aromatic carbocycles. The van der Waals surface area contributed by atoms with Crippen LogP contribution in [0.3, 0.4) is 0 Å². The number of para-hydroxylation sites is 2. The molecule has 0 unspecified atom stereocenters. The molecule has 2 heterocycles. The number of anilines is 1. The van der Waals surface area contributed by atoms with E-state index in [0.717, 1.165) is 55.3 Å². The summed E-state index contributed by atoms with van der Waals surface area (Å²) in [7, 11) is -2.95. The molecule has 13 heteroatoms. The second-order valence-corrected chi connectivity index (χ2v) is 13.7. The number of nitrogens with zero attached hydrogens (tertiary/aromatic N) is 4. The number of nitrogens with one attached hydrogen (secondary N) is 1. The van der Waals surface area contributed by atoms with Crippen LogP contribution in [0.4, 0.5) is 18.9 Å². The van der Waals surface area contributed by atoms with E-state index in [0.29, 0.717) is 13.1 Å². The standard InChI is InChI=1S/C20H18F3N3O3S.C11H16N2O.H2/c21-20(22,23)29-19-4-2-1-3-18(19)26-14-16(13-24-26)15-5-7-17(8-6-15)25-9-11-30(27,28)12-10-25;12-8-11(6-7-11)13-10(14)9-4-2-1-3-5-9;/h1-8,13-14H,9-12H2;9H,1-7H2,(H,13,14);1H. The topological polar surface area (TPSA) is 117 Å². The molecule has 0 bridgehead atoms. The number of carbonyl (C=O) groups excluding carboxylic acids is 1. The minimum atomic E-state index is -4.80. The fourth-order valence-electron chi connectivity index (χ4n) is 5.39. The van der Waals surface area contributed by atoms with Crippen LogP contribution in [-0.2, 0) is 14.6 Å². The molecule has 44 heavy (non-hydrogen) atoms. The molecule has 3 aliphatic rings. The van der Waals surface area contributed by atoms with Crippen LogP contribution in [0.25, 0.3) is 16.8 Å². The summed E-state index contributed by atoms with van der Waals surface area (Å²) in [5.41, 5.74) is 2.18. The van der Waals surface area contributed by atoms with Crippen molar-refractivity contribution in [3.05, 3.63) is 60.9 Å². The lowest BCUT2D eigenvalue weighted by atomic mass is 9.88. The van der Waals surface area contributed by atoms with Gasteiger partial charge in [0, 0.05) is 37.9 Å². The zero-order valence-corrected chi connectivity index (χ0v) is 24.9. The Morgan fingerprint density at radius 3 is 2.30 bits per heavy atom. The van der Waals surface area contributed by atoms with E-state index in [1.54, 1.807) is 18.5 Å². The van der Waals surface area contributed by atoms with E-state index in [1.807, 2.05) is 29.2 Å². The van der Waals surface area contributed by atoms with Crippen LogP contribution >= 0.6 is 0 Å².